The topological polar surface area (TPSA) is 78.5 Å². The number of hydrogen-bond acceptors (Lipinski definition) is 5. The van der Waals surface area contributed by atoms with Gasteiger partial charge in [0.05, 0.1) is 47.3 Å². The Kier molecular flexibility index (Phi) is 3.81. The molecule has 0 amide bonds. The smallest absolute Gasteiger partial charge is 0.197 e. The SMILES string of the molecule is O=C(c1cc(F)ccc1-n1nccn1)c1cc(F)ccc1-n1nccn1. The molecule has 0 N–H and O–H groups in total. The van der Waals surface area contributed by atoms with E-state index in [0.29, 0.717) is 0 Å². The first kappa shape index (κ1) is 15.8. The molecule has 7 nitrogen and oxygen atoms in total. The van der Waals surface area contributed by atoms with Crippen molar-refractivity contribution in [1.82, 2.24) is 30.0 Å². The summed E-state index contributed by atoms with van der Waals surface area (Å²) in [6.07, 6.45) is 5.72. The quantitative estimate of drug-likeness (QED) is 0.527. The average Bonchev–Trinajstić information content (AvgIpc) is 3.35. The van der Waals surface area contributed by atoms with Crippen LogP contribution in [0.15, 0.2) is 61.2 Å². The van der Waals surface area contributed by atoms with Gasteiger partial charge in [-0.25, -0.2) is 8.78 Å². The molecule has 2 heterocycles. The minimum absolute atomic E-state index is 0.0137. The predicted molar refractivity (Wildman–Crippen MR) is 86.1 cm³/mol. The number of halogens is 2. The van der Waals surface area contributed by atoms with Crippen LogP contribution < -0.4 is 0 Å². The van der Waals surface area contributed by atoms with E-state index in [1.807, 2.05) is 0 Å². The van der Waals surface area contributed by atoms with E-state index in [-0.39, 0.29) is 22.5 Å². The third-order valence-electron chi connectivity index (χ3n) is 3.67. The van der Waals surface area contributed by atoms with E-state index in [9.17, 15) is 13.6 Å². The molecule has 2 aromatic carbocycles. The van der Waals surface area contributed by atoms with Crippen LogP contribution in [0.5, 0.6) is 0 Å². The van der Waals surface area contributed by atoms with Crippen molar-refractivity contribution in [3.05, 3.63) is 83.9 Å². The molecule has 0 saturated carbocycles. The highest BCUT2D eigenvalue weighted by atomic mass is 19.1. The maximum atomic E-state index is 13.8. The van der Waals surface area contributed by atoms with Crippen molar-refractivity contribution >= 4 is 5.78 Å². The van der Waals surface area contributed by atoms with Gasteiger partial charge < -0.3 is 0 Å². The molecular weight excluding hydrogens is 342 g/mol. The number of carbonyl (C=O) groups excluding carboxylic acids is 1. The van der Waals surface area contributed by atoms with Gasteiger partial charge in [0.25, 0.3) is 0 Å². The summed E-state index contributed by atoms with van der Waals surface area (Å²) in [7, 11) is 0. The van der Waals surface area contributed by atoms with Gasteiger partial charge in [0.1, 0.15) is 11.6 Å². The summed E-state index contributed by atoms with van der Waals surface area (Å²) in [5.41, 5.74) is 0.510. The lowest BCUT2D eigenvalue weighted by Gasteiger charge is -2.11. The van der Waals surface area contributed by atoms with E-state index < -0.39 is 17.4 Å². The number of rotatable bonds is 4. The molecule has 0 unspecified atom stereocenters. The van der Waals surface area contributed by atoms with Crippen LogP contribution in [0.3, 0.4) is 0 Å². The van der Waals surface area contributed by atoms with Gasteiger partial charge in [0.2, 0.25) is 0 Å². The number of hydrogen-bond donors (Lipinski definition) is 0. The van der Waals surface area contributed by atoms with Crippen molar-refractivity contribution in [2.24, 2.45) is 0 Å². The summed E-state index contributed by atoms with van der Waals surface area (Å²) in [5.74, 6) is -1.83. The van der Waals surface area contributed by atoms with Crippen molar-refractivity contribution in [1.29, 1.82) is 0 Å². The van der Waals surface area contributed by atoms with Crippen molar-refractivity contribution in [2.75, 3.05) is 0 Å². The summed E-state index contributed by atoms with van der Waals surface area (Å²) < 4.78 is 27.6. The van der Waals surface area contributed by atoms with Crippen LogP contribution in [0.1, 0.15) is 15.9 Å². The molecule has 0 radical (unpaired) electrons. The normalized spacial score (nSPS) is 10.8. The number of nitrogens with zero attached hydrogens (tertiary/aromatic N) is 6. The molecule has 0 aliphatic heterocycles. The van der Waals surface area contributed by atoms with Crippen molar-refractivity contribution in [3.63, 3.8) is 0 Å². The second-order valence-corrected chi connectivity index (χ2v) is 5.29. The first-order chi connectivity index (χ1) is 12.6. The van der Waals surface area contributed by atoms with Crippen molar-refractivity contribution in [3.8, 4) is 11.4 Å². The predicted octanol–water partition coefficient (Wildman–Crippen LogP) is 2.36. The third kappa shape index (κ3) is 2.75. The molecule has 0 fully saturated rings. The van der Waals surface area contributed by atoms with Crippen LogP contribution in [0.25, 0.3) is 11.4 Å². The first-order valence-electron chi connectivity index (χ1n) is 7.50. The zero-order valence-corrected chi connectivity index (χ0v) is 13.1. The number of benzene rings is 2. The molecule has 0 spiro atoms. The highest BCUT2D eigenvalue weighted by Crippen LogP contribution is 2.23. The molecule has 26 heavy (non-hydrogen) atoms. The van der Waals surface area contributed by atoms with Crippen LogP contribution >= 0.6 is 0 Å². The fraction of sp³-hybridized carbons (Fsp3) is 0. The first-order valence-corrected chi connectivity index (χ1v) is 7.50. The molecule has 128 valence electrons. The number of ketones is 1. The lowest BCUT2D eigenvalue weighted by atomic mass is 10.00. The average molecular weight is 352 g/mol. The largest absolute Gasteiger partial charge is 0.288 e. The highest BCUT2D eigenvalue weighted by molar-refractivity contribution is 6.13. The molecule has 9 heteroatoms. The Morgan fingerprint density at radius 2 is 1.08 bits per heavy atom. The minimum atomic E-state index is -0.612. The lowest BCUT2D eigenvalue weighted by Crippen LogP contribution is -2.14. The minimum Gasteiger partial charge on any atom is -0.288 e. The van der Waals surface area contributed by atoms with Gasteiger partial charge in [-0.1, -0.05) is 0 Å². The lowest BCUT2D eigenvalue weighted by molar-refractivity contribution is 0.103. The molecule has 0 saturated heterocycles. The monoisotopic (exact) mass is 352 g/mol. The molecular formula is C17H10F2N6O. The standard InChI is InChI=1S/C17H10F2N6O/c18-11-1-3-15(24-20-5-6-21-24)13(9-11)17(26)14-10-12(19)2-4-16(14)25-22-7-8-23-25/h1-10H. The van der Waals surface area contributed by atoms with Gasteiger partial charge in [-0.15, -0.1) is 0 Å². The zero-order valence-electron chi connectivity index (χ0n) is 13.1. The van der Waals surface area contributed by atoms with E-state index in [2.05, 4.69) is 20.4 Å². The second kappa shape index (κ2) is 6.28. The second-order valence-electron chi connectivity index (χ2n) is 5.29. The van der Waals surface area contributed by atoms with Crippen molar-refractivity contribution < 1.29 is 13.6 Å². The summed E-state index contributed by atoms with van der Waals surface area (Å²) >= 11 is 0. The van der Waals surface area contributed by atoms with Crippen LogP contribution in [-0.4, -0.2) is 35.8 Å². The molecule has 2 aromatic heterocycles. The Morgan fingerprint density at radius 3 is 1.46 bits per heavy atom. The molecule has 0 atom stereocenters. The zero-order chi connectivity index (χ0) is 18.1. The summed E-state index contributed by atoms with van der Waals surface area (Å²) in [6, 6.07) is 7.27. The Morgan fingerprint density at radius 1 is 0.692 bits per heavy atom. The molecule has 0 bridgehead atoms. The van der Waals surface area contributed by atoms with E-state index in [1.54, 1.807) is 0 Å². The maximum Gasteiger partial charge on any atom is 0.197 e. The van der Waals surface area contributed by atoms with Crippen LogP contribution in [-0.2, 0) is 0 Å². The Balaban J connectivity index is 1.90. The summed E-state index contributed by atoms with van der Waals surface area (Å²) in [4.78, 5) is 15.5. The van der Waals surface area contributed by atoms with Gasteiger partial charge in [0.15, 0.2) is 5.78 Å². The van der Waals surface area contributed by atoms with E-state index in [4.69, 9.17) is 0 Å². The fourth-order valence-corrected chi connectivity index (χ4v) is 2.55. The van der Waals surface area contributed by atoms with Gasteiger partial charge in [-0.05, 0) is 36.4 Å². The van der Waals surface area contributed by atoms with Gasteiger partial charge >= 0.3 is 0 Å². The summed E-state index contributed by atoms with van der Waals surface area (Å²) in [6.45, 7) is 0. The Hall–Kier alpha value is -3.75. The maximum absolute atomic E-state index is 13.8. The van der Waals surface area contributed by atoms with E-state index in [0.717, 1.165) is 12.1 Å². The number of aromatic nitrogens is 6. The van der Waals surface area contributed by atoms with E-state index in [1.165, 1.54) is 58.6 Å². The van der Waals surface area contributed by atoms with Crippen LogP contribution in [0.2, 0.25) is 0 Å². The van der Waals surface area contributed by atoms with Gasteiger partial charge in [0, 0.05) is 0 Å². The Bertz CT molecular complexity index is 991. The Labute approximate surface area is 145 Å². The van der Waals surface area contributed by atoms with E-state index >= 15 is 0 Å². The van der Waals surface area contributed by atoms with Crippen LogP contribution in [0, 0.1) is 11.6 Å². The summed E-state index contributed by atoms with van der Waals surface area (Å²) in [5, 5.41) is 15.9. The molecule has 0 aliphatic rings. The van der Waals surface area contributed by atoms with Crippen LogP contribution in [0.4, 0.5) is 8.78 Å². The van der Waals surface area contributed by atoms with Gasteiger partial charge in [-0.2, -0.15) is 30.0 Å². The van der Waals surface area contributed by atoms with Gasteiger partial charge in [-0.3, -0.25) is 4.79 Å². The molecule has 4 rings (SSSR count). The third-order valence-corrected chi connectivity index (χ3v) is 3.67. The number of carbonyl (C=O) groups is 1. The highest BCUT2D eigenvalue weighted by Gasteiger charge is 2.21. The molecule has 4 aromatic rings. The fourth-order valence-electron chi connectivity index (χ4n) is 2.55. The van der Waals surface area contributed by atoms with Crippen molar-refractivity contribution in [2.45, 2.75) is 0 Å². The molecule has 0 aliphatic carbocycles.